The van der Waals surface area contributed by atoms with E-state index in [9.17, 15) is 8.22 Å². The summed E-state index contributed by atoms with van der Waals surface area (Å²) >= 11 is 1.41. The molecule has 3 heterocycles. The van der Waals surface area contributed by atoms with Crippen molar-refractivity contribution in [1.29, 1.82) is 0 Å². The second-order valence-corrected chi connectivity index (χ2v) is 13.9. The van der Waals surface area contributed by atoms with Crippen molar-refractivity contribution >= 4 is 70.5 Å². The van der Waals surface area contributed by atoms with Gasteiger partial charge in [-0.15, -0.1) is 11.3 Å². The van der Waals surface area contributed by atoms with Gasteiger partial charge in [0.2, 0.25) is 0 Å². The van der Waals surface area contributed by atoms with Gasteiger partial charge in [-0.25, -0.2) is 15.0 Å². The number of anilines is 3. The molecule has 5 nitrogen and oxygen atoms in total. The van der Waals surface area contributed by atoms with Gasteiger partial charge in [0.15, 0.2) is 17.5 Å². The second-order valence-electron chi connectivity index (χ2n) is 12.9. The van der Waals surface area contributed by atoms with Crippen LogP contribution < -0.4 is 4.90 Å². The molecule has 0 atom stereocenters. The number of aromatic nitrogens is 3. The van der Waals surface area contributed by atoms with E-state index in [4.69, 9.17) is 31.7 Å². The third-order valence-corrected chi connectivity index (χ3v) is 10.5. The summed E-state index contributed by atoms with van der Waals surface area (Å²) < 4.78 is 145. The molecule has 0 aliphatic rings. The highest BCUT2D eigenvalue weighted by molar-refractivity contribution is 7.25. The maximum Gasteiger partial charge on any atom is 0.164 e. The number of hydrogen-bond donors (Lipinski definition) is 0. The van der Waals surface area contributed by atoms with Crippen molar-refractivity contribution in [2.75, 3.05) is 4.90 Å². The van der Waals surface area contributed by atoms with Gasteiger partial charge < -0.3 is 9.32 Å². The molecule has 0 aliphatic heterocycles. The predicted octanol–water partition coefficient (Wildman–Crippen LogP) is 14.3. The molecule has 0 amide bonds. The van der Waals surface area contributed by atoms with Crippen LogP contribution in [0.3, 0.4) is 0 Å². The summed E-state index contributed by atoms with van der Waals surface area (Å²) in [6.07, 6.45) is 0. The summed E-state index contributed by atoms with van der Waals surface area (Å²) in [5.41, 5.74) is -1.68. The van der Waals surface area contributed by atoms with Gasteiger partial charge in [-0.2, -0.15) is 0 Å². The molecule has 0 spiro atoms. The fourth-order valence-corrected chi connectivity index (χ4v) is 7.95. The molecule has 0 N–H and O–H groups in total. The molecule has 0 fully saturated rings. The third kappa shape index (κ3) is 5.91. The minimum Gasteiger partial charge on any atom is -0.456 e. The first-order chi connectivity index (χ1) is 34.5. The molecule has 0 radical (unpaired) electrons. The van der Waals surface area contributed by atoms with Gasteiger partial charge >= 0.3 is 0 Å². The predicted molar refractivity (Wildman–Crippen MR) is 236 cm³/mol. The molecule has 0 aliphatic carbocycles. The molecule has 6 heteroatoms. The molecule has 8 aromatic carbocycles. The van der Waals surface area contributed by atoms with E-state index in [0.717, 1.165) is 20.4 Å². The van der Waals surface area contributed by atoms with E-state index in [1.54, 1.807) is 66.7 Å². The highest BCUT2D eigenvalue weighted by Gasteiger charge is 2.21. The van der Waals surface area contributed by atoms with Crippen molar-refractivity contribution in [3.05, 3.63) is 194 Å². The van der Waals surface area contributed by atoms with E-state index in [1.165, 1.54) is 11.3 Å². The van der Waals surface area contributed by atoms with Crippen LogP contribution in [0.1, 0.15) is 20.6 Å². The summed E-state index contributed by atoms with van der Waals surface area (Å²) in [5.74, 6) is 0.289. The maximum absolute atomic E-state index is 9.97. The van der Waals surface area contributed by atoms with Crippen LogP contribution in [0.4, 0.5) is 17.1 Å². The Morgan fingerprint density at radius 1 is 0.456 bits per heavy atom. The molecular weight excluding hydrogens is 717 g/mol. The molecule has 11 aromatic rings. The first-order valence-corrected chi connectivity index (χ1v) is 18.5. The SMILES string of the molecule is [2H]c1c([2H])c([2H])c(-c2c([2H])c([2H])c([2H])c(N(c3ccc4c(c3)sc3ccccc34)c3c([2H])c([2H])c4c(oc5c([2H])c([2H])c([2H])c(-c6nc(-c7ccccc7)nc(-c7ccccc7)n6)c54)c3[2H])c2[2H])c([2H])c1[2H]. The number of thiophene rings is 1. The van der Waals surface area contributed by atoms with Crippen LogP contribution >= 0.6 is 11.3 Å². The zero-order valence-corrected chi connectivity index (χ0v) is 30.2. The van der Waals surface area contributed by atoms with Crippen molar-refractivity contribution in [2.45, 2.75) is 0 Å². The highest BCUT2D eigenvalue weighted by Crippen LogP contribution is 2.44. The Labute approximate surface area is 353 Å². The average Bonchev–Trinajstić information content (AvgIpc) is 3.98. The summed E-state index contributed by atoms with van der Waals surface area (Å²) in [7, 11) is 0. The van der Waals surface area contributed by atoms with E-state index in [0.29, 0.717) is 15.8 Å². The Morgan fingerprint density at radius 2 is 1.12 bits per heavy atom. The van der Waals surface area contributed by atoms with E-state index in [-0.39, 0.29) is 50.7 Å². The Hall–Kier alpha value is -7.41. The third-order valence-electron chi connectivity index (χ3n) is 9.41. The summed E-state index contributed by atoms with van der Waals surface area (Å²) in [5, 5.41) is 1.43. The summed E-state index contributed by atoms with van der Waals surface area (Å²) in [6, 6.07) is 20.2. The molecule has 11 rings (SSSR count). The Balaban J connectivity index is 1.25. The van der Waals surface area contributed by atoms with Crippen LogP contribution in [0, 0.1) is 0 Å². The molecule has 0 bridgehead atoms. The standard InChI is InChI=1S/C51H32N4OS/c1-4-14-33(15-5-1)36-20-12-21-37(30-36)55(39-26-28-41-40-22-10-11-25-46(40)57-47(41)32-39)38-27-29-42-45(31-38)56-44-24-13-23-43(48(42)44)51-53-49(34-16-6-2-7-17-34)52-50(54-51)35-18-8-3-9-19-35/h1-32H/i1D,4D,5D,12D,13D,14D,15D,20D,21D,23D,24D,27D,29D,30D,31D. The fourth-order valence-electron chi connectivity index (χ4n) is 6.81. The normalized spacial score (nSPS) is 15.2. The van der Waals surface area contributed by atoms with Gasteiger partial charge in [0.1, 0.15) is 11.2 Å². The molecule has 3 aromatic heterocycles. The van der Waals surface area contributed by atoms with Gasteiger partial charge in [-0.3, -0.25) is 0 Å². The Morgan fingerprint density at radius 3 is 1.91 bits per heavy atom. The number of hydrogen-bond acceptors (Lipinski definition) is 6. The van der Waals surface area contributed by atoms with Crippen LogP contribution in [0.2, 0.25) is 0 Å². The lowest BCUT2D eigenvalue weighted by Crippen LogP contribution is -2.09. The summed E-state index contributed by atoms with van der Waals surface area (Å²) in [4.78, 5) is 15.4. The molecular formula is C51H32N4OS. The molecule has 0 saturated carbocycles. The monoisotopic (exact) mass is 763 g/mol. The zero-order valence-electron chi connectivity index (χ0n) is 44.4. The molecule has 0 unspecified atom stereocenters. The maximum atomic E-state index is 9.97. The fraction of sp³-hybridized carbons (Fsp3) is 0. The first-order valence-electron chi connectivity index (χ1n) is 25.2. The van der Waals surface area contributed by atoms with Crippen LogP contribution in [0.15, 0.2) is 198 Å². The van der Waals surface area contributed by atoms with Crippen molar-refractivity contribution < 1.29 is 25.0 Å². The van der Waals surface area contributed by atoms with Crippen LogP contribution in [-0.4, -0.2) is 15.0 Å². The lowest BCUT2D eigenvalue weighted by molar-refractivity contribution is 0.669. The van der Waals surface area contributed by atoms with Gasteiger partial charge in [0.25, 0.3) is 0 Å². The smallest absolute Gasteiger partial charge is 0.164 e. The second kappa shape index (κ2) is 13.7. The van der Waals surface area contributed by atoms with E-state index in [1.807, 2.05) is 36.4 Å². The van der Waals surface area contributed by atoms with E-state index < -0.39 is 113 Å². The van der Waals surface area contributed by atoms with Gasteiger partial charge in [0, 0.05) is 70.7 Å². The number of furan rings is 1. The van der Waals surface area contributed by atoms with Gasteiger partial charge in [-0.05, 0) is 59.5 Å². The van der Waals surface area contributed by atoms with Crippen molar-refractivity contribution in [2.24, 2.45) is 0 Å². The van der Waals surface area contributed by atoms with Crippen molar-refractivity contribution in [3.63, 3.8) is 0 Å². The average molecular weight is 764 g/mol. The van der Waals surface area contributed by atoms with E-state index >= 15 is 0 Å². The number of fused-ring (bicyclic) bond motifs is 6. The minimum absolute atomic E-state index is 0.102. The highest BCUT2D eigenvalue weighted by atomic mass is 32.1. The number of benzene rings is 8. The van der Waals surface area contributed by atoms with E-state index in [2.05, 4.69) is 0 Å². The van der Waals surface area contributed by atoms with Crippen LogP contribution in [0.5, 0.6) is 0 Å². The molecule has 0 saturated heterocycles. The first kappa shape index (κ1) is 21.0. The minimum atomic E-state index is -0.804. The molecule has 57 heavy (non-hydrogen) atoms. The van der Waals surface area contributed by atoms with Crippen LogP contribution in [0.25, 0.3) is 87.4 Å². The summed E-state index contributed by atoms with van der Waals surface area (Å²) in [6.45, 7) is 0. The Kier molecular flexibility index (Phi) is 5.06. The lowest BCUT2D eigenvalue weighted by Gasteiger charge is -2.26. The van der Waals surface area contributed by atoms with Crippen molar-refractivity contribution in [1.82, 2.24) is 15.0 Å². The Bertz CT molecular complexity index is 4050. The van der Waals surface area contributed by atoms with Gasteiger partial charge in [0.05, 0.1) is 20.6 Å². The lowest BCUT2D eigenvalue weighted by atomic mass is 10.0. The van der Waals surface area contributed by atoms with Crippen molar-refractivity contribution in [3.8, 4) is 45.3 Å². The topological polar surface area (TPSA) is 55.1 Å². The van der Waals surface area contributed by atoms with Crippen LogP contribution in [-0.2, 0) is 0 Å². The number of nitrogens with zero attached hydrogens (tertiary/aromatic N) is 4. The van der Waals surface area contributed by atoms with Gasteiger partial charge in [-0.1, -0.05) is 139 Å². The molecule has 268 valence electrons. The number of rotatable bonds is 7. The largest absolute Gasteiger partial charge is 0.456 e. The zero-order chi connectivity index (χ0) is 50.8. The quantitative estimate of drug-likeness (QED) is 0.162.